The highest BCUT2D eigenvalue weighted by atomic mass is 16.2. The van der Waals surface area contributed by atoms with Gasteiger partial charge >= 0.3 is 0 Å². The molecule has 0 fully saturated rings. The monoisotopic (exact) mass is 263 g/mol. The van der Waals surface area contributed by atoms with Crippen molar-refractivity contribution in [2.45, 2.75) is 12.6 Å². The Balaban J connectivity index is 1.80. The average Bonchev–Trinajstić information content (AvgIpc) is 3.01. The first-order valence-corrected chi connectivity index (χ1v) is 6.47. The number of carbonyl (C=O) groups excluding carboxylic acids is 2. The van der Waals surface area contributed by atoms with Gasteiger partial charge in [-0.25, -0.2) is 0 Å². The maximum atomic E-state index is 11.7. The molecule has 2 amide bonds. The summed E-state index contributed by atoms with van der Waals surface area (Å²) in [4.78, 5) is 23.2. The Kier molecular flexibility index (Phi) is 2.28. The molecule has 0 aliphatic carbocycles. The van der Waals surface area contributed by atoms with E-state index in [1.54, 1.807) is 6.07 Å². The number of nitrogens with one attached hydrogen (secondary N) is 2. The molecule has 20 heavy (non-hydrogen) atoms. The van der Waals surface area contributed by atoms with Gasteiger partial charge in [0.1, 0.15) is 0 Å². The van der Waals surface area contributed by atoms with E-state index in [1.165, 1.54) is 11.1 Å². The fourth-order valence-electron chi connectivity index (χ4n) is 2.86. The van der Waals surface area contributed by atoms with Crippen molar-refractivity contribution in [3.8, 4) is 0 Å². The summed E-state index contributed by atoms with van der Waals surface area (Å²) >= 11 is 0. The largest absolute Gasteiger partial charge is 0.302 e. The molecular weight excluding hydrogens is 252 g/mol. The molecule has 4 nitrogen and oxygen atoms in total. The highest BCUT2D eigenvalue weighted by Crippen LogP contribution is 2.31. The Hall–Kier alpha value is -2.46. The Bertz CT molecular complexity index is 752. The van der Waals surface area contributed by atoms with Gasteiger partial charge < -0.3 is 5.32 Å². The van der Waals surface area contributed by atoms with Crippen molar-refractivity contribution in [3.05, 3.63) is 70.3 Å². The third-order valence-corrected chi connectivity index (χ3v) is 3.84. The van der Waals surface area contributed by atoms with Crippen LogP contribution in [0.3, 0.4) is 0 Å². The molecule has 1 radical (unpaired) electrons. The van der Waals surface area contributed by atoms with Gasteiger partial charge in [0.05, 0.1) is 17.2 Å². The van der Waals surface area contributed by atoms with Gasteiger partial charge in [-0.05, 0) is 22.8 Å². The van der Waals surface area contributed by atoms with E-state index < -0.39 is 0 Å². The molecule has 2 aliphatic heterocycles. The number of benzene rings is 2. The zero-order chi connectivity index (χ0) is 13.7. The van der Waals surface area contributed by atoms with Crippen LogP contribution in [0.25, 0.3) is 0 Å². The summed E-state index contributed by atoms with van der Waals surface area (Å²) in [5, 5.41) is 5.70. The topological polar surface area (TPSA) is 58.2 Å². The fourth-order valence-corrected chi connectivity index (χ4v) is 2.86. The Labute approximate surface area is 115 Å². The van der Waals surface area contributed by atoms with E-state index in [-0.39, 0.29) is 17.9 Å². The summed E-state index contributed by atoms with van der Waals surface area (Å²) in [7, 11) is 0. The minimum Gasteiger partial charge on any atom is -0.302 e. The van der Waals surface area contributed by atoms with Crippen LogP contribution in [-0.4, -0.2) is 11.8 Å². The van der Waals surface area contributed by atoms with Crippen LogP contribution in [0.5, 0.6) is 0 Å². The van der Waals surface area contributed by atoms with Gasteiger partial charge in [0.25, 0.3) is 11.8 Å². The van der Waals surface area contributed by atoms with Gasteiger partial charge in [-0.2, -0.15) is 0 Å². The number of fused-ring (bicyclic) bond motifs is 2. The van der Waals surface area contributed by atoms with Crippen molar-refractivity contribution in [2.75, 3.05) is 0 Å². The van der Waals surface area contributed by atoms with Gasteiger partial charge in [0, 0.05) is 12.6 Å². The summed E-state index contributed by atoms with van der Waals surface area (Å²) in [6, 6.07) is 14.9. The Morgan fingerprint density at radius 2 is 1.90 bits per heavy atom. The lowest BCUT2D eigenvalue weighted by molar-refractivity contribution is 0.0879. The zero-order valence-electron chi connectivity index (χ0n) is 10.6. The second-order valence-electron chi connectivity index (χ2n) is 5.00. The van der Waals surface area contributed by atoms with Crippen molar-refractivity contribution in [2.24, 2.45) is 0 Å². The summed E-state index contributed by atoms with van der Waals surface area (Å²) in [5.41, 5.74) is 4.10. The molecule has 2 aromatic carbocycles. The Morgan fingerprint density at radius 3 is 2.80 bits per heavy atom. The first-order valence-electron chi connectivity index (χ1n) is 6.47. The number of amides is 2. The second-order valence-corrected chi connectivity index (χ2v) is 5.00. The molecular formula is C16H11N2O2. The summed E-state index contributed by atoms with van der Waals surface area (Å²) in [5.74, 6) is -0.703. The molecule has 0 spiro atoms. The predicted octanol–water partition coefficient (Wildman–Crippen LogP) is 1.56. The van der Waals surface area contributed by atoms with E-state index in [2.05, 4.69) is 28.8 Å². The zero-order valence-corrected chi connectivity index (χ0v) is 10.6. The molecule has 4 rings (SSSR count). The molecule has 2 N–H and O–H groups in total. The molecule has 0 bridgehead atoms. The third kappa shape index (κ3) is 1.52. The lowest BCUT2D eigenvalue weighted by Crippen LogP contribution is -2.20. The normalized spacial score (nSPS) is 19.7. The molecule has 1 atom stereocenters. The molecule has 1 unspecified atom stereocenters. The van der Waals surface area contributed by atoms with E-state index in [0.717, 1.165) is 12.1 Å². The van der Waals surface area contributed by atoms with Crippen molar-refractivity contribution >= 4 is 11.8 Å². The van der Waals surface area contributed by atoms with Gasteiger partial charge in [-0.3, -0.25) is 14.9 Å². The number of imide groups is 1. The van der Waals surface area contributed by atoms with Crippen molar-refractivity contribution in [3.63, 3.8) is 0 Å². The summed E-state index contributed by atoms with van der Waals surface area (Å²) < 4.78 is 0. The van der Waals surface area contributed by atoms with Crippen LogP contribution in [0.1, 0.15) is 43.4 Å². The molecule has 2 aliphatic rings. The molecule has 0 aromatic heterocycles. The standard InChI is InChI=1S/C16H11N2O2/c19-15-12-6-5-9(7-13(12)16(20)18-15)14-11-4-2-1-3-10(11)8-17-14/h1-6,14,17H,8H2,(H,18,19,20). The SMILES string of the molecule is O=C1NC(=O)c2ccc(C3NCc4ccccc43)[c]c21. The summed E-state index contributed by atoms with van der Waals surface area (Å²) in [6.07, 6.45) is 0. The number of rotatable bonds is 1. The van der Waals surface area contributed by atoms with E-state index in [1.807, 2.05) is 18.2 Å². The molecule has 97 valence electrons. The van der Waals surface area contributed by atoms with Crippen LogP contribution in [0.4, 0.5) is 0 Å². The summed E-state index contributed by atoms with van der Waals surface area (Å²) in [6.45, 7) is 0.802. The third-order valence-electron chi connectivity index (χ3n) is 3.84. The van der Waals surface area contributed by atoms with Crippen LogP contribution in [-0.2, 0) is 6.54 Å². The van der Waals surface area contributed by atoms with Crippen molar-refractivity contribution in [1.29, 1.82) is 0 Å². The molecule has 4 heteroatoms. The van der Waals surface area contributed by atoms with E-state index in [9.17, 15) is 9.59 Å². The quantitative estimate of drug-likeness (QED) is 0.768. The van der Waals surface area contributed by atoms with Crippen LogP contribution in [0, 0.1) is 6.07 Å². The maximum absolute atomic E-state index is 11.7. The van der Waals surface area contributed by atoms with Gasteiger partial charge in [-0.1, -0.05) is 30.3 Å². The minimum absolute atomic E-state index is 0.0278. The van der Waals surface area contributed by atoms with Crippen molar-refractivity contribution in [1.82, 2.24) is 10.6 Å². The Morgan fingerprint density at radius 1 is 1.05 bits per heavy atom. The molecule has 2 heterocycles. The van der Waals surface area contributed by atoms with Crippen LogP contribution < -0.4 is 10.6 Å². The van der Waals surface area contributed by atoms with Gasteiger partial charge in [0.15, 0.2) is 0 Å². The first kappa shape index (κ1) is 11.4. The molecule has 2 aromatic rings. The average molecular weight is 263 g/mol. The van der Waals surface area contributed by atoms with E-state index >= 15 is 0 Å². The molecule has 0 saturated carbocycles. The first-order chi connectivity index (χ1) is 9.74. The van der Waals surface area contributed by atoms with Crippen LogP contribution >= 0.6 is 0 Å². The molecule has 0 saturated heterocycles. The highest BCUT2D eigenvalue weighted by Gasteiger charge is 2.30. The van der Waals surface area contributed by atoms with E-state index in [4.69, 9.17) is 0 Å². The van der Waals surface area contributed by atoms with Crippen molar-refractivity contribution < 1.29 is 9.59 Å². The maximum Gasteiger partial charge on any atom is 0.259 e. The fraction of sp³-hybridized carbons (Fsp3) is 0.125. The second kappa shape index (κ2) is 4.02. The van der Waals surface area contributed by atoms with Gasteiger partial charge in [0.2, 0.25) is 0 Å². The number of carbonyl (C=O) groups is 2. The van der Waals surface area contributed by atoms with Crippen LogP contribution in [0.2, 0.25) is 0 Å². The van der Waals surface area contributed by atoms with Gasteiger partial charge in [-0.15, -0.1) is 0 Å². The minimum atomic E-state index is -0.363. The highest BCUT2D eigenvalue weighted by molar-refractivity contribution is 6.21. The van der Waals surface area contributed by atoms with Crippen LogP contribution in [0.15, 0.2) is 36.4 Å². The number of hydrogen-bond donors (Lipinski definition) is 2. The lowest BCUT2D eigenvalue weighted by atomic mass is 9.95. The lowest BCUT2D eigenvalue weighted by Gasteiger charge is -2.12. The van der Waals surface area contributed by atoms with E-state index in [0.29, 0.717) is 11.1 Å². The number of hydrogen-bond acceptors (Lipinski definition) is 3. The predicted molar refractivity (Wildman–Crippen MR) is 72.2 cm³/mol. The smallest absolute Gasteiger partial charge is 0.259 e.